The van der Waals surface area contributed by atoms with Gasteiger partial charge in [0, 0.05) is 6.54 Å². The second-order valence-electron chi connectivity index (χ2n) is 4.16. The van der Waals surface area contributed by atoms with Gasteiger partial charge in [-0.05, 0) is 25.0 Å². The van der Waals surface area contributed by atoms with E-state index in [1.807, 2.05) is 0 Å². The summed E-state index contributed by atoms with van der Waals surface area (Å²) in [6.07, 6.45) is 1.37. The predicted octanol–water partition coefficient (Wildman–Crippen LogP) is 1.18. The molecule has 1 fully saturated rings. The Morgan fingerprint density at radius 1 is 1.50 bits per heavy atom. The summed E-state index contributed by atoms with van der Waals surface area (Å²) in [7, 11) is 0. The number of oxime groups is 1. The Balaban J connectivity index is 2.26. The minimum Gasteiger partial charge on any atom is -0.409 e. The minimum absolute atomic E-state index is 0.00939. The van der Waals surface area contributed by atoms with Gasteiger partial charge in [-0.25, -0.2) is 4.39 Å². The zero-order valence-electron chi connectivity index (χ0n) is 9.71. The van der Waals surface area contributed by atoms with Crippen LogP contribution >= 0.6 is 0 Å². The van der Waals surface area contributed by atoms with Gasteiger partial charge in [-0.1, -0.05) is 17.3 Å². The lowest BCUT2D eigenvalue weighted by molar-refractivity contribution is 0.0763. The summed E-state index contributed by atoms with van der Waals surface area (Å²) in [6, 6.07) is 5.34. The van der Waals surface area contributed by atoms with Crippen molar-refractivity contribution in [3.63, 3.8) is 0 Å². The van der Waals surface area contributed by atoms with Gasteiger partial charge in [0.1, 0.15) is 5.82 Å². The fourth-order valence-corrected chi connectivity index (χ4v) is 2.17. The third kappa shape index (κ3) is 2.13. The number of rotatable bonds is 2. The van der Waals surface area contributed by atoms with E-state index in [2.05, 4.69) is 5.16 Å². The van der Waals surface area contributed by atoms with E-state index in [0.717, 1.165) is 6.42 Å². The van der Waals surface area contributed by atoms with E-state index in [4.69, 9.17) is 10.9 Å². The van der Waals surface area contributed by atoms with Crippen molar-refractivity contribution in [1.29, 1.82) is 0 Å². The molecule has 0 spiro atoms. The van der Waals surface area contributed by atoms with Gasteiger partial charge in [0.05, 0.1) is 11.6 Å². The fraction of sp³-hybridized carbons (Fsp3) is 0.333. The van der Waals surface area contributed by atoms with E-state index in [-0.39, 0.29) is 11.4 Å². The Hall–Kier alpha value is -2.11. The standard InChI is InChI=1S/C12H14FN3O2/c13-9-5-2-1-4-8(9)12(17)16-7-3-6-10(16)11(14)15-18/h1-2,4-5,10,18H,3,6-7H2,(H2,14,15). The van der Waals surface area contributed by atoms with Gasteiger partial charge in [0.25, 0.3) is 5.91 Å². The van der Waals surface area contributed by atoms with Crippen molar-refractivity contribution in [2.24, 2.45) is 10.9 Å². The predicted molar refractivity (Wildman–Crippen MR) is 63.9 cm³/mol. The van der Waals surface area contributed by atoms with Gasteiger partial charge in [0.15, 0.2) is 5.84 Å². The molecule has 1 aromatic carbocycles. The molecule has 1 aliphatic heterocycles. The van der Waals surface area contributed by atoms with Crippen LogP contribution in [0.5, 0.6) is 0 Å². The Labute approximate surface area is 104 Å². The first-order valence-electron chi connectivity index (χ1n) is 5.68. The first-order chi connectivity index (χ1) is 8.65. The summed E-state index contributed by atoms with van der Waals surface area (Å²) >= 11 is 0. The van der Waals surface area contributed by atoms with Gasteiger partial charge < -0.3 is 15.8 Å². The molecular weight excluding hydrogens is 237 g/mol. The average Bonchev–Trinajstić information content (AvgIpc) is 2.86. The number of amidine groups is 1. The first-order valence-corrected chi connectivity index (χ1v) is 5.68. The van der Waals surface area contributed by atoms with Crippen molar-refractivity contribution in [3.8, 4) is 0 Å². The molecule has 5 nitrogen and oxygen atoms in total. The van der Waals surface area contributed by atoms with Crippen LogP contribution in [0.4, 0.5) is 4.39 Å². The molecule has 0 saturated carbocycles. The maximum Gasteiger partial charge on any atom is 0.257 e. The quantitative estimate of drug-likeness (QED) is 0.358. The number of nitrogens with zero attached hydrogens (tertiary/aromatic N) is 2. The summed E-state index contributed by atoms with van der Waals surface area (Å²) in [6.45, 7) is 0.480. The normalized spacial score (nSPS) is 20.2. The molecule has 1 unspecified atom stereocenters. The molecule has 0 aromatic heterocycles. The molecule has 18 heavy (non-hydrogen) atoms. The van der Waals surface area contributed by atoms with E-state index in [9.17, 15) is 9.18 Å². The molecule has 2 rings (SSSR count). The highest BCUT2D eigenvalue weighted by molar-refractivity contribution is 5.98. The van der Waals surface area contributed by atoms with Gasteiger partial charge in [0.2, 0.25) is 0 Å². The molecule has 1 aliphatic rings. The Morgan fingerprint density at radius 3 is 2.89 bits per heavy atom. The van der Waals surface area contributed by atoms with Crippen LogP contribution < -0.4 is 5.73 Å². The van der Waals surface area contributed by atoms with Crippen molar-refractivity contribution in [2.75, 3.05) is 6.54 Å². The van der Waals surface area contributed by atoms with Gasteiger partial charge in [-0.3, -0.25) is 4.79 Å². The van der Waals surface area contributed by atoms with Crippen LogP contribution in [0.15, 0.2) is 29.4 Å². The van der Waals surface area contributed by atoms with Crippen molar-refractivity contribution in [1.82, 2.24) is 4.90 Å². The second kappa shape index (κ2) is 5.03. The molecule has 3 N–H and O–H groups in total. The van der Waals surface area contributed by atoms with Gasteiger partial charge in [-0.15, -0.1) is 0 Å². The lowest BCUT2D eigenvalue weighted by Crippen LogP contribution is -2.44. The van der Waals surface area contributed by atoms with Gasteiger partial charge >= 0.3 is 0 Å². The third-order valence-electron chi connectivity index (χ3n) is 3.07. The Bertz CT molecular complexity index is 490. The van der Waals surface area contributed by atoms with Gasteiger partial charge in [-0.2, -0.15) is 0 Å². The largest absolute Gasteiger partial charge is 0.409 e. The van der Waals surface area contributed by atoms with Crippen molar-refractivity contribution < 1.29 is 14.4 Å². The maximum absolute atomic E-state index is 13.5. The fourth-order valence-electron chi connectivity index (χ4n) is 2.17. The number of carbonyl (C=O) groups excluding carboxylic acids is 1. The number of likely N-dealkylation sites (tertiary alicyclic amines) is 1. The zero-order valence-corrected chi connectivity index (χ0v) is 9.71. The van der Waals surface area contributed by atoms with E-state index < -0.39 is 17.8 Å². The summed E-state index contributed by atoms with van der Waals surface area (Å²) in [5, 5.41) is 11.6. The minimum atomic E-state index is -0.562. The summed E-state index contributed by atoms with van der Waals surface area (Å²) in [5.74, 6) is -1.01. The maximum atomic E-state index is 13.5. The average molecular weight is 251 g/mol. The molecular formula is C12H14FN3O2. The highest BCUT2D eigenvalue weighted by Crippen LogP contribution is 2.21. The lowest BCUT2D eigenvalue weighted by Gasteiger charge is -2.23. The van der Waals surface area contributed by atoms with Crippen LogP contribution in [0, 0.1) is 5.82 Å². The first kappa shape index (κ1) is 12.3. The Morgan fingerprint density at radius 2 is 2.22 bits per heavy atom. The smallest absolute Gasteiger partial charge is 0.257 e. The summed E-state index contributed by atoms with van der Waals surface area (Å²) in [5.41, 5.74) is 5.54. The van der Waals surface area contributed by atoms with E-state index >= 15 is 0 Å². The molecule has 1 aromatic rings. The monoisotopic (exact) mass is 251 g/mol. The summed E-state index contributed by atoms with van der Waals surface area (Å²) < 4.78 is 13.5. The second-order valence-corrected chi connectivity index (χ2v) is 4.16. The topological polar surface area (TPSA) is 78.9 Å². The third-order valence-corrected chi connectivity index (χ3v) is 3.07. The number of nitrogens with two attached hydrogens (primary N) is 1. The number of hydrogen-bond donors (Lipinski definition) is 2. The lowest BCUT2D eigenvalue weighted by atomic mass is 10.1. The van der Waals surface area contributed by atoms with Crippen LogP contribution in [0.1, 0.15) is 23.2 Å². The van der Waals surface area contributed by atoms with Crippen LogP contribution in [0.25, 0.3) is 0 Å². The molecule has 6 heteroatoms. The van der Waals surface area contributed by atoms with Crippen LogP contribution in [0.2, 0.25) is 0 Å². The molecule has 1 saturated heterocycles. The molecule has 1 atom stereocenters. The number of halogens is 1. The number of benzene rings is 1. The Kier molecular flexibility index (Phi) is 3.45. The highest BCUT2D eigenvalue weighted by atomic mass is 19.1. The van der Waals surface area contributed by atoms with Crippen LogP contribution in [-0.2, 0) is 0 Å². The van der Waals surface area contributed by atoms with E-state index in [1.54, 1.807) is 6.07 Å². The van der Waals surface area contributed by atoms with E-state index in [1.165, 1.54) is 23.1 Å². The van der Waals surface area contributed by atoms with Crippen molar-refractivity contribution in [2.45, 2.75) is 18.9 Å². The van der Waals surface area contributed by atoms with Crippen LogP contribution in [-0.4, -0.2) is 34.4 Å². The number of hydrogen-bond acceptors (Lipinski definition) is 3. The number of amides is 1. The van der Waals surface area contributed by atoms with Crippen molar-refractivity contribution >= 4 is 11.7 Å². The molecule has 1 heterocycles. The van der Waals surface area contributed by atoms with E-state index in [0.29, 0.717) is 13.0 Å². The number of carbonyl (C=O) groups is 1. The SMILES string of the molecule is NC(=NO)C1CCCN1C(=O)c1ccccc1F. The molecule has 0 radical (unpaired) electrons. The highest BCUT2D eigenvalue weighted by Gasteiger charge is 2.33. The zero-order chi connectivity index (χ0) is 13.1. The molecule has 96 valence electrons. The molecule has 0 bridgehead atoms. The molecule has 1 amide bonds. The van der Waals surface area contributed by atoms with Crippen LogP contribution in [0.3, 0.4) is 0 Å². The summed E-state index contributed by atoms with van der Waals surface area (Å²) in [4.78, 5) is 13.6. The molecule has 0 aliphatic carbocycles. The van der Waals surface area contributed by atoms with Crippen molar-refractivity contribution in [3.05, 3.63) is 35.6 Å².